The summed E-state index contributed by atoms with van der Waals surface area (Å²) in [4.78, 5) is 1.42. The van der Waals surface area contributed by atoms with Crippen LogP contribution in [-0.4, -0.2) is 19.6 Å². The van der Waals surface area contributed by atoms with E-state index in [0.717, 1.165) is 6.54 Å². The summed E-state index contributed by atoms with van der Waals surface area (Å²) in [6, 6.07) is 3.28. The standard InChI is InChI=1S/C11H17BrN2S/c1-13-11(9-4-2-3-5-14-9)10-6-8(12)7-15-10/h6-7,9,11,13-14H,2-5H2,1H3. The van der Waals surface area contributed by atoms with Gasteiger partial charge in [0, 0.05) is 20.8 Å². The number of nitrogens with one attached hydrogen (secondary N) is 2. The quantitative estimate of drug-likeness (QED) is 0.894. The second-order valence-electron chi connectivity index (χ2n) is 3.99. The molecule has 0 radical (unpaired) electrons. The van der Waals surface area contributed by atoms with Crippen molar-refractivity contribution in [1.29, 1.82) is 0 Å². The monoisotopic (exact) mass is 288 g/mol. The van der Waals surface area contributed by atoms with Crippen LogP contribution in [0.5, 0.6) is 0 Å². The Morgan fingerprint density at radius 1 is 1.60 bits per heavy atom. The number of rotatable bonds is 3. The average molecular weight is 289 g/mol. The Balaban J connectivity index is 2.08. The summed E-state index contributed by atoms with van der Waals surface area (Å²) < 4.78 is 1.19. The maximum atomic E-state index is 3.61. The van der Waals surface area contributed by atoms with Crippen molar-refractivity contribution >= 4 is 27.3 Å². The first-order valence-electron chi connectivity index (χ1n) is 5.46. The molecule has 1 saturated heterocycles. The zero-order valence-corrected chi connectivity index (χ0v) is 11.3. The molecule has 1 aromatic rings. The van der Waals surface area contributed by atoms with Crippen LogP contribution in [0.4, 0.5) is 0 Å². The molecule has 0 amide bonds. The molecule has 1 fully saturated rings. The number of hydrogen-bond acceptors (Lipinski definition) is 3. The molecule has 0 aromatic carbocycles. The molecule has 2 atom stereocenters. The molecule has 0 aliphatic carbocycles. The third-order valence-corrected chi connectivity index (χ3v) is 4.73. The smallest absolute Gasteiger partial charge is 0.0568 e. The third kappa shape index (κ3) is 2.81. The summed E-state index contributed by atoms with van der Waals surface area (Å²) in [6.07, 6.45) is 3.95. The van der Waals surface area contributed by atoms with Gasteiger partial charge in [0.25, 0.3) is 0 Å². The van der Waals surface area contributed by atoms with Crippen molar-refractivity contribution in [3.05, 3.63) is 20.8 Å². The van der Waals surface area contributed by atoms with Crippen LogP contribution in [0.25, 0.3) is 0 Å². The van der Waals surface area contributed by atoms with Crippen LogP contribution in [0.3, 0.4) is 0 Å². The molecule has 0 spiro atoms. The Morgan fingerprint density at radius 2 is 2.47 bits per heavy atom. The van der Waals surface area contributed by atoms with E-state index in [1.54, 1.807) is 0 Å². The number of piperidine rings is 1. The van der Waals surface area contributed by atoms with Crippen LogP contribution < -0.4 is 10.6 Å². The van der Waals surface area contributed by atoms with Gasteiger partial charge in [-0.05, 0) is 48.4 Å². The van der Waals surface area contributed by atoms with Gasteiger partial charge in [-0.1, -0.05) is 6.42 Å². The lowest BCUT2D eigenvalue weighted by atomic mass is 9.97. The molecule has 1 aromatic heterocycles. The highest BCUT2D eigenvalue weighted by Crippen LogP contribution is 2.29. The van der Waals surface area contributed by atoms with Crippen molar-refractivity contribution in [1.82, 2.24) is 10.6 Å². The van der Waals surface area contributed by atoms with Crippen molar-refractivity contribution in [2.24, 2.45) is 0 Å². The Labute approximate surface area is 104 Å². The van der Waals surface area contributed by atoms with E-state index in [9.17, 15) is 0 Å². The molecular formula is C11H17BrN2S. The Bertz CT molecular complexity index is 307. The maximum absolute atomic E-state index is 3.61. The van der Waals surface area contributed by atoms with Crippen molar-refractivity contribution in [2.75, 3.05) is 13.6 Å². The van der Waals surface area contributed by atoms with Crippen LogP contribution in [0, 0.1) is 0 Å². The van der Waals surface area contributed by atoms with Crippen LogP contribution in [0.2, 0.25) is 0 Å². The molecule has 1 aliphatic rings. The van der Waals surface area contributed by atoms with Gasteiger partial charge in [-0.2, -0.15) is 0 Å². The minimum atomic E-state index is 0.460. The molecule has 1 aliphatic heterocycles. The zero-order valence-electron chi connectivity index (χ0n) is 8.92. The number of likely N-dealkylation sites (N-methyl/N-ethyl adjacent to an activating group) is 1. The molecule has 2 heterocycles. The Hall–Kier alpha value is 0.1000. The minimum absolute atomic E-state index is 0.460. The van der Waals surface area contributed by atoms with E-state index < -0.39 is 0 Å². The Morgan fingerprint density at radius 3 is 3.00 bits per heavy atom. The van der Waals surface area contributed by atoms with Crippen molar-refractivity contribution in [2.45, 2.75) is 31.3 Å². The molecule has 0 bridgehead atoms. The molecule has 2 rings (SSSR count). The molecular weight excluding hydrogens is 272 g/mol. The average Bonchev–Trinajstić information content (AvgIpc) is 2.68. The molecule has 2 N–H and O–H groups in total. The van der Waals surface area contributed by atoms with E-state index in [2.05, 4.69) is 45.1 Å². The normalized spacial score (nSPS) is 24.0. The lowest BCUT2D eigenvalue weighted by Crippen LogP contribution is -2.43. The van der Waals surface area contributed by atoms with Crippen LogP contribution in [0.15, 0.2) is 15.9 Å². The largest absolute Gasteiger partial charge is 0.312 e. The van der Waals surface area contributed by atoms with E-state index in [0.29, 0.717) is 12.1 Å². The van der Waals surface area contributed by atoms with E-state index in [4.69, 9.17) is 0 Å². The van der Waals surface area contributed by atoms with Crippen molar-refractivity contribution in [3.63, 3.8) is 0 Å². The highest BCUT2D eigenvalue weighted by molar-refractivity contribution is 9.10. The SMILES string of the molecule is CNC(c1cc(Br)cs1)C1CCCCN1. The first-order valence-corrected chi connectivity index (χ1v) is 7.13. The maximum Gasteiger partial charge on any atom is 0.0568 e. The highest BCUT2D eigenvalue weighted by Gasteiger charge is 2.24. The molecule has 0 saturated carbocycles. The second-order valence-corrected chi connectivity index (χ2v) is 5.85. The third-order valence-electron chi connectivity index (χ3n) is 2.96. The van der Waals surface area contributed by atoms with E-state index in [-0.39, 0.29) is 0 Å². The van der Waals surface area contributed by atoms with Gasteiger partial charge in [0.1, 0.15) is 0 Å². The zero-order chi connectivity index (χ0) is 10.7. The highest BCUT2D eigenvalue weighted by atomic mass is 79.9. The van der Waals surface area contributed by atoms with E-state index >= 15 is 0 Å². The summed E-state index contributed by atoms with van der Waals surface area (Å²) in [5.74, 6) is 0. The lowest BCUT2D eigenvalue weighted by molar-refractivity contribution is 0.329. The molecule has 4 heteroatoms. The van der Waals surface area contributed by atoms with E-state index in [1.807, 2.05) is 11.3 Å². The molecule has 2 unspecified atom stereocenters. The lowest BCUT2D eigenvalue weighted by Gasteiger charge is -2.30. The molecule has 15 heavy (non-hydrogen) atoms. The summed E-state index contributed by atoms with van der Waals surface area (Å²) in [7, 11) is 2.05. The van der Waals surface area contributed by atoms with Gasteiger partial charge in [-0.15, -0.1) is 11.3 Å². The molecule has 2 nitrogen and oxygen atoms in total. The van der Waals surface area contributed by atoms with Gasteiger partial charge in [0.15, 0.2) is 0 Å². The van der Waals surface area contributed by atoms with Gasteiger partial charge in [0.05, 0.1) is 6.04 Å². The van der Waals surface area contributed by atoms with Crippen LogP contribution in [0.1, 0.15) is 30.2 Å². The summed E-state index contributed by atoms with van der Waals surface area (Å²) >= 11 is 5.34. The minimum Gasteiger partial charge on any atom is -0.312 e. The fourth-order valence-electron chi connectivity index (χ4n) is 2.20. The van der Waals surface area contributed by atoms with Gasteiger partial charge in [-0.3, -0.25) is 0 Å². The Kier molecular flexibility index (Phi) is 4.20. The summed E-state index contributed by atoms with van der Waals surface area (Å²) in [6.45, 7) is 1.16. The first kappa shape index (κ1) is 11.6. The van der Waals surface area contributed by atoms with Gasteiger partial charge < -0.3 is 10.6 Å². The van der Waals surface area contributed by atoms with Crippen molar-refractivity contribution < 1.29 is 0 Å². The predicted molar refractivity (Wildman–Crippen MR) is 69.5 cm³/mol. The van der Waals surface area contributed by atoms with Crippen LogP contribution >= 0.6 is 27.3 Å². The summed E-state index contributed by atoms with van der Waals surface area (Å²) in [5, 5.41) is 9.19. The number of hydrogen-bond donors (Lipinski definition) is 2. The fourth-order valence-corrected chi connectivity index (χ4v) is 3.82. The number of thiophene rings is 1. The van der Waals surface area contributed by atoms with Crippen molar-refractivity contribution in [3.8, 4) is 0 Å². The first-order chi connectivity index (χ1) is 7.31. The summed E-state index contributed by atoms with van der Waals surface area (Å²) in [5.41, 5.74) is 0. The van der Waals surface area contributed by atoms with Crippen LogP contribution in [-0.2, 0) is 0 Å². The second kappa shape index (κ2) is 5.43. The predicted octanol–water partition coefficient (Wildman–Crippen LogP) is 2.91. The van der Waals surface area contributed by atoms with Gasteiger partial charge >= 0.3 is 0 Å². The van der Waals surface area contributed by atoms with E-state index in [1.165, 1.54) is 28.6 Å². The van der Waals surface area contributed by atoms with Gasteiger partial charge in [0.2, 0.25) is 0 Å². The fraction of sp³-hybridized carbons (Fsp3) is 0.636. The number of halogens is 1. The molecule has 84 valence electrons. The topological polar surface area (TPSA) is 24.1 Å². The van der Waals surface area contributed by atoms with Gasteiger partial charge in [-0.25, -0.2) is 0 Å².